The van der Waals surface area contributed by atoms with E-state index >= 15 is 0 Å². The van der Waals surface area contributed by atoms with Gasteiger partial charge in [-0.15, -0.1) is 0 Å². The summed E-state index contributed by atoms with van der Waals surface area (Å²) in [5.74, 6) is 0.545. The van der Waals surface area contributed by atoms with Crippen molar-refractivity contribution >= 4 is 49.5 Å². The summed E-state index contributed by atoms with van der Waals surface area (Å²) < 4.78 is 13.6. The Labute approximate surface area is 175 Å². The van der Waals surface area contributed by atoms with Crippen LogP contribution >= 0.6 is 11.3 Å². The molecule has 148 valence electrons. The van der Waals surface area contributed by atoms with E-state index in [0.29, 0.717) is 11.2 Å². The van der Waals surface area contributed by atoms with Gasteiger partial charge >= 0.3 is 0 Å². The third kappa shape index (κ3) is 2.85. The fourth-order valence-electron chi connectivity index (χ4n) is 4.07. The number of hydrogen-bond donors (Lipinski definition) is 2. The second-order valence-electron chi connectivity index (χ2n) is 8.16. The molecule has 0 bridgehead atoms. The highest BCUT2D eigenvalue weighted by molar-refractivity contribution is 7.94. The van der Waals surface area contributed by atoms with E-state index in [0.717, 1.165) is 55.2 Å². The summed E-state index contributed by atoms with van der Waals surface area (Å²) in [6, 6.07) is 4.29. The van der Waals surface area contributed by atoms with E-state index in [1.54, 1.807) is 16.0 Å². The van der Waals surface area contributed by atoms with Crippen LogP contribution < -0.4 is 5.73 Å². The lowest BCUT2D eigenvalue weighted by Crippen LogP contribution is -2.28. The molecule has 0 spiro atoms. The van der Waals surface area contributed by atoms with Crippen molar-refractivity contribution < 1.29 is 4.55 Å². The Morgan fingerprint density at radius 1 is 1.24 bits per heavy atom. The summed E-state index contributed by atoms with van der Waals surface area (Å²) in [4.78, 5) is 10.4. The average molecular weight is 425 g/mol. The highest BCUT2D eigenvalue weighted by atomic mass is 32.2. The first-order valence-corrected chi connectivity index (χ1v) is 12.1. The summed E-state index contributed by atoms with van der Waals surface area (Å²) in [7, 11) is 1.90. The van der Waals surface area contributed by atoms with Crippen LogP contribution in [-0.2, 0) is 18.2 Å². The van der Waals surface area contributed by atoms with Crippen LogP contribution in [0.4, 0.5) is 5.69 Å². The van der Waals surface area contributed by atoms with Crippen LogP contribution in [0.5, 0.6) is 0 Å². The molecule has 2 aliphatic carbocycles. The number of hydrogen-bond acceptors (Lipinski definition) is 6. The minimum absolute atomic E-state index is 0.367. The number of rotatable bonds is 4. The highest BCUT2D eigenvalue weighted by Crippen LogP contribution is 2.50. The Morgan fingerprint density at radius 3 is 2.79 bits per heavy atom. The molecule has 1 unspecified atom stereocenters. The first-order valence-electron chi connectivity index (χ1n) is 10.0. The predicted molar refractivity (Wildman–Crippen MR) is 119 cm³/mol. The number of aromatic nitrogens is 4. The third-order valence-corrected chi connectivity index (χ3v) is 9.40. The van der Waals surface area contributed by atoms with E-state index in [1.807, 2.05) is 19.4 Å². The van der Waals surface area contributed by atoms with Crippen LogP contribution in [0.25, 0.3) is 32.5 Å². The number of aryl methyl sites for hydroxylation is 1. The molecule has 2 fully saturated rings. The van der Waals surface area contributed by atoms with Crippen molar-refractivity contribution in [2.24, 2.45) is 7.05 Å². The SMILES string of the molecule is Cn1cc2cc(-c3cc(C4CC4)c4c(N)c([S+](O)C5CCC5)sc4n3)cnc2n1. The van der Waals surface area contributed by atoms with Gasteiger partial charge in [0.05, 0.1) is 5.69 Å². The fourth-order valence-corrected chi connectivity index (χ4v) is 7.33. The Hall–Kier alpha value is -2.16. The van der Waals surface area contributed by atoms with Crippen LogP contribution in [0.15, 0.2) is 28.7 Å². The van der Waals surface area contributed by atoms with Gasteiger partial charge in [0.2, 0.25) is 0 Å². The normalized spacial score (nSPS) is 18.4. The molecule has 4 aromatic heterocycles. The lowest BCUT2D eigenvalue weighted by molar-refractivity contribution is 0.487. The van der Waals surface area contributed by atoms with E-state index in [9.17, 15) is 4.55 Å². The van der Waals surface area contributed by atoms with Gasteiger partial charge in [0, 0.05) is 35.8 Å². The monoisotopic (exact) mass is 424 g/mol. The maximum Gasteiger partial charge on any atom is 0.269 e. The molecule has 2 saturated carbocycles. The van der Waals surface area contributed by atoms with Gasteiger partial charge in [0.25, 0.3) is 4.21 Å². The van der Waals surface area contributed by atoms with Crippen molar-refractivity contribution in [2.45, 2.75) is 47.5 Å². The molecule has 2 aliphatic rings. The molecule has 0 aliphatic heterocycles. The van der Waals surface area contributed by atoms with Gasteiger partial charge < -0.3 is 5.73 Å². The van der Waals surface area contributed by atoms with Gasteiger partial charge in [-0.25, -0.2) is 9.97 Å². The lowest BCUT2D eigenvalue weighted by atomic mass is 10.00. The van der Waals surface area contributed by atoms with Gasteiger partial charge in [0.15, 0.2) is 22.1 Å². The smallest absolute Gasteiger partial charge is 0.269 e. The quantitative estimate of drug-likeness (QED) is 0.463. The van der Waals surface area contributed by atoms with Crippen LogP contribution in [0, 0.1) is 0 Å². The zero-order chi connectivity index (χ0) is 19.7. The molecule has 6 nitrogen and oxygen atoms in total. The molecular formula is C21H22N5OS2+. The van der Waals surface area contributed by atoms with Crippen molar-refractivity contribution in [3.63, 3.8) is 0 Å². The van der Waals surface area contributed by atoms with Crippen molar-refractivity contribution in [2.75, 3.05) is 5.73 Å². The maximum absolute atomic E-state index is 10.9. The van der Waals surface area contributed by atoms with Crippen molar-refractivity contribution in [3.8, 4) is 11.3 Å². The van der Waals surface area contributed by atoms with Crippen LogP contribution in [0.1, 0.15) is 43.6 Å². The van der Waals surface area contributed by atoms with Gasteiger partial charge in [0.1, 0.15) is 10.5 Å². The largest absolute Gasteiger partial charge is 0.393 e. The molecule has 0 saturated heterocycles. The van der Waals surface area contributed by atoms with Gasteiger partial charge in [-0.05, 0) is 55.7 Å². The third-order valence-electron chi connectivity index (χ3n) is 6.04. The zero-order valence-electron chi connectivity index (χ0n) is 16.1. The molecule has 1 atom stereocenters. The molecule has 4 aromatic rings. The molecule has 0 radical (unpaired) electrons. The lowest BCUT2D eigenvalue weighted by Gasteiger charge is -2.19. The molecule has 29 heavy (non-hydrogen) atoms. The van der Waals surface area contributed by atoms with Crippen LogP contribution in [0.2, 0.25) is 0 Å². The van der Waals surface area contributed by atoms with E-state index in [1.165, 1.54) is 24.8 Å². The maximum atomic E-state index is 10.9. The average Bonchev–Trinajstić information content (AvgIpc) is 3.36. The van der Waals surface area contributed by atoms with Crippen LogP contribution in [0.3, 0.4) is 0 Å². The van der Waals surface area contributed by atoms with E-state index in [4.69, 9.17) is 10.7 Å². The van der Waals surface area contributed by atoms with Crippen molar-refractivity contribution in [3.05, 3.63) is 30.1 Å². The summed E-state index contributed by atoms with van der Waals surface area (Å²) in [6.07, 6.45) is 9.61. The molecule has 6 rings (SSSR count). The van der Waals surface area contributed by atoms with Crippen LogP contribution in [-0.4, -0.2) is 29.6 Å². The van der Waals surface area contributed by atoms with Gasteiger partial charge in [-0.1, -0.05) is 11.3 Å². The summed E-state index contributed by atoms with van der Waals surface area (Å²) >= 11 is 0.801. The standard InChI is InChI=1S/C21H22N5OS2/c1-26-10-13-7-12(9-23-19(13)25-26)16-8-15(11-5-6-11)17-18(22)21(28-20(17)24-16)29(27)14-3-2-4-14/h7-11,14,27H,2-6,22H2,1H3/q+1. The van der Waals surface area contributed by atoms with Gasteiger partial charge in [-0.3, -0.25) is 4.68 Å². The number of nitrogens with zero attached hydrogens (tertiary/aromatic N) is 4. The Morgan fingerprint density at radius 2 is 2.07 bits per heavy atom. The van der Waals surface area contributed by atoms with Gasteiger partial charge in [-0.2, -0.15) is 9.65 Å². The summed E-state index contributed by atoms with van der Waals surface area (Å²) in [5.41, 5.74) is 11.3. The van der Waals surface area contributed by atoms with E-state index in [2.05, 4.69) is 22.2 Å². The van der Waals surface area contributed by atoms with Crippen molar-refractivity contribution in [1.82, 2.24) is 19.7 Å². The number of anilines is 1. The molecule has 0 aromatic carbocycles. The topological polar surface area (TPSA) is 89.8 Å². The molecule has 3 N–H and O–H groups in total. The molecule has 4 heterocycles. The number of fused-ring (bicyclic) bond motifs is 2. The zero-order valence-corrected chi connectivity index (χ0v) is 17.8. The Bertz CT molecular complexity index is 1260. The molecule has 8 heteroatoms. The first kappa shape index (κ1) is 17.7. The summed E-state index contributed by atoms with van der Waals surface area (Å²) in [5, 5.41) is 6.80. The summed E-state index contributed by atoms with van der Waals surface area (Å²) in [6.45, 7) is 0. The molecule has 0 amide bonds. The van der Waals surface area contributed by atoms with Crippen molar-refractivity contribution in [1.29, 1.82) is 0 Å². The number of nitrogen functional groups attached to an aromatic ring is 1. The number of thiophene rings is 1. The Kier molecular flexibility index (Phi) is 3.91. The minimum Gasteiger partial charge on any atom is -0.393 e. The first-order chi connectivity index (χ1) is 14.1. The second-order valence-corrected chi connectivity index (χ2v) is 11.1. The number of pyridine rings is 2. The Balaban J connectivity index is 1.52. The van der Waals surface area contributed by atoms with E-state index < -0.39 is 11.2 Å². The van der Waals surface area contributed by atoms with E-state index in [-0.39, 0.29) is 0 Å². The number of nitrogens with two attached hydrogens (primary N) is 1. The molecular weight excluding hydrogens is 402 g/mol. The predicted octanol–water partition coefficient (Wildman–Crippen LogP) is 4.71. The second kappa shape index (κ2) is 6.42. The fraction of sp³-hybridized carbons (Fsp3) is 0.381. The highest BCUT2D eigenvalue weighted by Gasteiger charge is 2.42. The minimum atomic E-state index is -0.773.